The third-order valence-corrected chi connectivity index (χ3v) is 6.02. The third kappa shape index (κ3) is 6.17. The van der Waals surface area contributed by atoms with Crippen LogP contribution in [0.5, 0.6) is 0 Å². The summed E-state index contributed by atoms with van der Waals surface area (Å²) < 4.78 is 0. The van der Waals surface area contributed by atoms with E-state index in [4.69, 9.17) is 0 Å². The van der Waals surface area contributed by atoms with Crippen LogP contribution in [0.1, 0.15) is 51.3 Å². The Morgan fingerprint density at radius 1 is 0.697 bits per heavy atom. The smallest absolute Gasteiger partial charge is 0.270 e. The zero-order chi connectivity index (χ0) is 22.9. The van der Waals surface area contributed by atoms with Gasteiger partial charge in [-0.1, -0.05) is 84.9 Å². The predicted molar refractivity (Wildman–Crippen MR) is 134 cm³/mol. The van der Waals surface area contributed by atoms with Gasteiger partial charge in [0.15, 0.2) is 0 Å². The molecule has 1 heterocycles. The minimum atomic E-state index is -0.144. The molecule has 4 aromatic rings. The molecule has 3 aromatic carbocycles. The lowest BCUT2D eigenvalue weighted by atomic mass is 9.89. The second-order valence-corrected chi connectivity index (χ2v) is 8.37. The Morgan fingerprint density at radius 2 is 1.24 bits per heavy atom. The average Bonchev–Trinajstić information content (AvgIpc) is 2.88. The van der Waals surface area contributed by atoms with Crippen LogP contribution in [-0.2, 0) is 25.7 Å². The van der Waals surface area contributed by atoms with Crippen molar-refractivity contribution in [2.24, 2.45) is 0 Å². The largest absolute Gasteiger partial charge is 0.344 e. The van der Waals surface area contributed by atoms with Gasteiger partial charge in [0, 0.05) is 6.20 Å². The Hall–Kier alpha value is -3.72. The maximum absolute atomic E-state index is 12.8. The minimum absolute atomic E-state index is 0.114. The van der Waals surface area contributed by atoms with Crippen molar-refractivity contribution < 1.29 is 4.79 Å². The number of amides is 1. The molecule has 1 unspecified atom stereocenters. The van der Waals surface area contributed by atoms with E-state index in [0.717, 1.165) is 25.7 Å². The summed E-state index contributed by atoms with van der Waals surface area (Å²) in [5, 5.41) is 3.19. The van der Waals surface area contributed by atoms with E-state index in [1.54, 1.807) is 12.3 Å². The van der Waals surface area contributed by atoms with E-state index < -0.39 is 0 Å². The van der Waals surface area contributed by atoms with E-state index >= 15 is 0 Å². The molecule has 0 bridgehead atoms. The second kappa shape index (κ2) is 11.2. The fraction of sp³-hybridized carbons (Fsp3) is 0.200. The van der Waals surface area contributed by atoms with Crippen molar-refractivity contribution in [3.63, 3.8) is 0 Å². The van der Waals surface area contributed by atoms with Crippen LogP contribution < -0.4 is 5.32 Å². The van der Waals surface area contributed by atoms with Gasteiger partial charge in [-0.3, -0.25) is 9.78 Å². The quantitative estimate of drug-likeness (QED) is 0.344. The number of aryl methyl sites for hydroxylation is 4. The van der Waals surface area contributed by atoms with E-state index in [2.05, 4.69) is 84.0 Å². The first-order chi connectivity index (χ1) is 16.2. The molecule has 33 heavy (non-hydrogen) atoms. The fourth-order valence-corrected chi connectivity index (χ4v) is 4.35. The Bertz CT molecular complexity index is 1100. The Balaban J connectivity index is 1.58. The van der Waals surface area contributed by atoms with Crippen molar-refractivity contribution in [2.45, 2.75) is 38.6 Å². The topological polar surface area (TPSA) is 42.0 Å². The monoisotopic (exact) mass is 434 g/mol. The molecule has 4 rings (SSSR count). The summed E-state index contributed by atoms with van der Waals surface area (Å²) in [4.78, 5) is 17.0. The number of rotatable bonds is 9. The normalized spacial score (nSPS) is 11.7. The van der Waals surface area contributed by atoms with Crippen molar-refractivity contribution in [1.29, 1.82) is 0 Å². The zero-order valence-corrected chi connectivity index (χ0v) is 19.1. The Labute approximate surface area is 196 Å². The molecule has 0 saturated heterocycles. The van der Waals surface area contributed by atoms with Gasteiger partial charge in [-0.15, -0.1) is 0 Å². The van der Waals surface area contributed by atoms with Gasteiger partial charge in [-0.2, -0.15) is 0 Å². The van der Waals surface area contributed by atoms with Crippen molar-refractivity contribution in [3.05, 3.63) is 137 Å². The molecule has 0 aliphatic rings. The van der Waals surface area contributed by atoms with Crippen LogP contribution in [0.15, 0.2) is 103 Å². The van der Waals surface area contributed by atoms with E-state index in [-0.39, 0.29) is 11.9 Å². The van der Waals surface area contributed by atoms with Crippen LogP contribution in [0, 0.1) is 0 Å². The van der Waals surface area contributed by atoms with E-state index in [1.165, 1.54) is 27.8 Å². The molecule has 3 heteroatoms. The number of carbonyl (C=O) groups is 1. The summed E-state index contributed by atoms with van der Waals surface area (Å²) in [5.74, 6) is -0.144. The van der Waals surface area contributed by atoms with Crippen molar-refractivity contribution in [2.75, 3.05) is 0 Å². The number of nitrogens with zero attached hydrogens (tertiary/aromatic N) is 1. The molecule has 0 fully saturated rings. The Kier molecular flexibility index (Phi) is 7.65. The summed E-state index contributed by atoms with van der Waals surface area (Å²) in [6.07, 6.45) is 5.46. The summed E-state index contributed by atoms with van der Waals surface area (Å²) in [6, 6.07) is 33.0. The molecular formula is C30H30N2O. The Morgan fingerprint density at radius 3 is 1.76 bits per heavy atom. The van der Waals surface area contributed by atoms with E-state index in [0.29, 0.717) is 5.69 Å². The van der Waals surface area contributed by atoms with Gasteiger partial charge in [-0.05, 0) is 72.6 Å². The van der Waals surface area contributed by atoms with Gasteiger partial charge in [0.2, 0.25) is 0 Å². The lowest BCUT2D eigenvalue weighted by Crippen LogP contribution is -2.29. The molecule has 1 N–H and O–H groups in total. The third-order valence-electron chi connectivity index (χ3n) is 6.02. The van der Waals surface area contributed by atoms with Gasteiger partial charge in [0.25, 0.3) is 5.91 Å². The molecule has 1 atom stereocenters. The van der Waals surface area contributed by atoms with Gasteiger partial charge in [0.1, 0.15) is 5.69 Å². The van der Waals surface area contributed by atoms with E-state index in [1.807, 2.05) is 24.3 Å². The lowest BCUT2D eigenvalue weighted by molar-refractivity contribution is 0.0934. The molecular weight excluding hydrogens is 404 g/mol. The summed E-state index contributed by atoms with van der Waals surface area (Å²) >= 11 is 0. The van der Waals surface area contributed by atoms with Gasteiger partial charge >= 0.3 is 0 Å². The average molecular weight is 435 g/mol. The molecule has 1 amide bonds. The number of hydrogen-bond acceptors (Lipinski definition) is 2. The van der Waals surface area contributed by atoms with Gasteiger partial charge < -0.3 is 5.32 Å². The number of nitrogens with one attached hydrogen (secondary N) is 1. The van der Waals surface area contributed by atoms with Crippen molar-refractivity contribution in [1.82, 2.24) is 10.3 Å². The molecule has 3 nitrogen and oxygen atoms in total. The standard InChI is InChI=1S/C30H30N2O/c1-23(32-30(33)28-17-8-9-22-31-28)29-26(20-18-24-11-4-2-5-12-24)15-10-16-27(29)21-19-25-13-6-3-7-14-25/h2-17,22-23H,18-21H2,1H3,(H,32,33). The van der Waals surface area contributed by atoms with Crippen molar-refractivity contribution >= 4 is 5.91 Å². The number of pyridine rings is 1. The molecule has 0 aliphatic heterocycles. The van der Waals surface area contributed by atoms with Crippen LogP contribution in [0.2, 0.25) is 0 Å². The highest BCUT2D eigenvalue weighted by Crippen LogP contribution is 2.26. The molecule has 0 aliphatic carbocycles. The van der Waals surface area contributed by atoms with Crippen LogP contribution >= 0.6 is 0 Å². The molecule has 166 valence electrons. The predicted octanol–water partition coefficient (Wildman–Crippen LogP) is 6.14. The highest BCUT2D eigenvalue weighted by atomic mass is 16.1. The van der Waals surface area contributed by atoms with Gasteiger partial charge in [-0.25, -0.2) is 0 Å². The zero-order valence-electron chi connectivity index (χ0n) is 19.1. The SMILES string of the molecule is CC(NC(=O)c1ccccn1)c1c(CCc2ccccc2)cccc1CCc1ccccc1. The molecule has 0 saturated carbocycles. The lowest BCUT2D eigenvalue weighted by Gasteiger charge is -2.22. The summed E-state index contributed by atoms with van der Waals surface area (Å²) in [5.41, 5.74) is 6.90. The van der Waals surface area contributed by atoms with E-state index in [9.17, 15) is 4.79 Å². The highest BCUT2D eigenvalue weighted by molar-refractivity contribution is 5.92. The van der Waals surface area contributed by atoms with Crippen LogP contribution in [0.25, 0.3) is 0 Å². The number of carbonyl (C=O) groups excluding carboxylic acids is 1. The van der Waals surface area contributed by atoms with Crippen LogP contribution in [0.3, 0.4) is 0 Å². The summed E-state index contributed by atoms with van der Waals surface area (Å²) in [7, 11) is 0. The molecule has 1 aromatic heterocycles. The number of aromatic nitrogens is 1. The fourth-order valence-electron chi connectivity index (χ4n) is 4.35. The second-order valence-electron chi connectivity index (χ2n) is 8.37. The molecule has 0 radical (unpaired) electrons. The summed E-state index contributed by atoms with van der Waals surface area (Å²) in [6.45, 7) is 2.08. The van der Waals surface area contributed by atoms with Crippen LogP contribution in [0.4, 0.5) is 0 Å². The number of benzene rings is 3. The maximum Gasteiger partial charge on any atom is 0.270 e. The highest BCUT2D eigenvalue weighted by Gasteiger charge is 2.18. The van der Waals surface area contributed by atoms with Gasteiger partial charge in [0.05, 0.1) is 6.04 Å². The maximum atomic E-state index is 12.8. The van der Waals surface area contributed by atoms with Crippen molar-refractivity contribution in [3.8, 4) is 0 Å². The number of hydrogen-bond donors (Lipinski definition) is 1. The first-order valence-corrected chi connectivity index (χ1v) is 11.6. The van der Waals surface area contributed by atoms with Crippen LogP contribution in [-0.4, -0.2) is 10.9 Å². The first-order valence-electron chi connectivity index (χ1n) is 11.6. The molecule has 0 spiro atoms. The first kappa shape index (κ1) is 22.5. The minimum Gasteiger partial charge on any atom is -0.344 e.